The molecule has 0 N–H and O–H groups in total. The Labute approximate surface area is 91.3 Å². The Hall–Kier alpha value is -0.500. The maximum Gasteiger partial charge on any atom is 0.175 e. The van der Waals surface area contributed by atoms with E-state index in [0.29, 0.717) is 13.2 Å². The molecule has 0 amide bonds. The Morgan fingerprint density at radius 3 is 2.07 bits per heavy atom. The van der Waals surface area contributed by atoms with Gasteiger partial charge >= 0.3 is 0 Å². The average molecular weight is 230 g/mol. The molecule has 2 nitrogen and oxygen atoms in total. The highest BCUT2D eigenvalue weighted by atomic mass is 31.2. The number of halogens is 1. The van der Waals surface area contributed by atoms with Gasteiger partial charge < -0.3 is 9.05 Å². The summed E-state index contributed by atoms with van der Waals surface area (Å²) >= 11 is 0. The maximum absolute atomic E-state index is 12.7. The monoisotopic (exact) mass is 230 g/mol. The van der Waals surface area contributed by atoms with E-state index in [4.69, 9.17) is 9.05 Å². The van der Waals surface area contributed by atoms with Gasteiger partial charge in [-0.15, -0.1) is 0 Å². The van der Waals surface area contributed by atoms with Gasteiger partial charge in [0.2, 0.25) is 0 Å². The van der Waals surface area contributed by atoms with Gasteiger partial charge in [-0.2, -0.15) is 0 Å². The molecule has 0 spiro atoms. The predicted octanol–water partition coefficient (Wildman–Crippen LogP) is 3.71. The van der Waals surface area contributed by atoms with Gasteiger partial charge in [0.05, 0.1) is 13.2 Å². The predicted molar refractivity (Wildman–Crippen MR) is 60.3 cm³/mol. The van der Waals surface area contributed by atoms with Crippen LogP contribution in [0.25, 0.3) is 0 Å². The Kier molecular flexibility index (Phi) is 5.77. The van der Waals surface area contributed by atoms with E-state index in [1.54, 1.807) is 12.1 Å². The second kappa shape index (κ2) is 6.89. The van der Waals surface area contributed by atoms with Crippen molar-refractivity contribution in [2.24, 2.45) is 0 Å². The van der Waals surface area contributed by atoms with Crippen LogP contribution in [-0.2, 0) is 15.2 Å². The fourth-order valence-electron chi connectivity index (χ4n) is 1.16. The van der Waals surface area contributed by atoms with Crippen LogP contribution in [0.1, 0.15) is 19.4 Å². The molecule has 0 saturated carbocycles. The van der Waals surface area contributed by atoms with Gasteiger partial charge in [-0.3, -0.25) is 0 Å². The number of hydrogen-bond donors (Lipinski definition) is 0. The summed E-state index contributed by atoms with van der Waals surface area (Å²) in [5, 5.41) is 0. The number of benzene rings is 1. The van der Waals surface area contributed by atoms with E-state index >= 15 is 0 Å². The second-order valence-electron chi connectivity index (χ2n) is 2.95. The first kappa shape index (κ1) is 12.6. The number of hydrogen-bond acceptors (Lipinski definition) is 2. The van der Waals surface area contributed by atoms with Crippen LogP contribution in [0, 0.1) is 5.82 Å². The molecule has 15 heavy (non-hydrogen) atoms. The van der Waals surface area contributed by atoms with Gasteiger partial charge in [0.15, 0.2) is 8.38 Å². The van der Waals surface area contributed by atoms with E-state index in [-0.39, 0.29) is 5.82 Å². The summed E-state index contributed by atoms with van der Waals surface area (Å²) in [6.07, 6.45) is 0.720. The molecule has 84 valence electrons. The molecule has 0 aliphatic heterocycles. The van der Waals surface area contributed by atoms with E-state index in [9.17, 15) is 4.39 Å². The second-order valence-corrected chi connectivity index (χ2v) is 4.45. The van der Waals surface area contributed by atoms with E-state index in [1.165, 1.54) is 12.1 Å². The molecule has 1 aromatic carbocycles. The third-order valence-corrected chi connectivity index (χ3v) is 3.49. The van der Waals surface area contributed by atoms with Gasteiger partial charge in [0.1, 0.15) is 5.82 Å². The van der Waals surface area contributed by atoms with Crippen LogP contribution in [-0.4, -0.2) is 13.2 Å². The summed E-state index contributed by atoms with van der Waals surface area (Å²) in [6.45, 7) is 5.18. The van der Waals surface area contributed by atoms with Crippen LogP contribution in [0.5, 0.6) is 0 Å². The summed E-state index contributed by atoms with van der Waals surface area (Å²) in [5.41, 5.74) is 1.05. The lowest BCUT2D eigenvalue weighted by Crippen LogP contribution is -1.94. The summed E-state index contributed by atoms with van der Waals surface area (Å²) in [4.78, 5) is 0. The molecule has 0 aliphatic rings. The van der Waals surface area contributed by atoms with Gasteiger partial charge in [0.25, 0.3) is 0 Å². The normalized spacial score (nSPS) is 10.9. The molecule has 0 aromatic heterocycles. The first-order chi connectivity index (χ1) is 7.26. The lowest BCUT2D eigenvalue weighted by Gasteiger charge is -2.15. The lowest BCUT2D eigenvalue weighted by molar-refractivity contribution is 0.268. The summed E-state index contributed by atoms with van der Waals surface area (Å²) in [6, 6.07) is 6.45. The minimum Gasteiger partial charge on any atom is -0.334 e. The molecule has 0 atom stereocenters. The van der Waals surface area contributed by atoms with Crippen LogP contribution in [0.4, 0.5) is 4.39 Å². The van der Waals surface area contributed by atoms with Crippen molar-refractivity contribution in [3.05, 3.63) is 35.6 Å². The van der Waals surface area contributed by atoms with Crippen LogP contribution < -0.4 is 0 Å². The van der Waals surface area contributed by atoms with Gasteiger partial charge in [-0.05, 0) is 31.5 Å². The van der Waals surface area contributed by atoms with Crippen molar-refractivity contribution in [3.8, 4) is 0 Å². The Bertz CT molecular complexity index is 270. The smallest absolute Gasteiger partial charge is 0.175 e. The van der Waals surface area contributed by atoms with E-state index in [2.05, 4.69) is 0 Å². The van der Waals surface area contributed by atoms with Crippen molar-refractivity contribution < 1.29 is 13.4 Å². The third kappa shape index (κ3) is 4.70. The van der Waals surface area contributed by atoms with Crippen molar-refractivity contribution in [2.75, 3.05) is 13.2 Å². The molecule has 0 unspecified atom stereocenters. The Balaban J connectivity index is 2.53. The molecular weight excluding hydrogens is 214 g/mol. The third-order valence-electron chi connectivity index (χ3n) is 1.77. The minimum absolute atomic E-state index is 0.212. The van der Waals surface area contributed by atoms with E-state index < -0.39 is 8.38 Å². The zero-order chi connectivity index (χ0) is 11.1. The minimum atomic E-state index is -0.869. The van der Waals surface area contributed by atoms with Gasteiger partial charge in [-0.25, -0.2) is 4.39 Å². The molecule has 0 fully saturated rings. The molecule has 4 heteroatoms. The van der Waals surface area contributed by atoms with Crippen LogP contribution in [0.3, 0.4) is 0 Å². The fraction of sp³-hybridized carbons (Fsp3) is 0.455. The zero-order valence-corrected chi connectivity index (χ0v) is 9.97. The molecule has 0 saturated heterocycles. The molecular formula is C11H16FO2P. The van der Waals surface area contributed by atoms with E-state index in [1.807, 2.05) is 13.8 Å². The topological polar surface area (TPSA) is 18.5 Å². The fourth-order valence-corrected chi connectivity index (χ4v) is 2.50. The summed E-state index contributed by atoms with van der Waals surface area (Å²) in [5.74, 6) is -0.212. The molecule has 0 bridgehead atoms. The van der Waals surface area contributed by atoms with Crippen molar-refractivity contribution in [2.45, 2.75) is 20.0 Å². The Morgan fingerprint density at radius 2 is 1.60 bits per heavy atom. The van der Waals surface area contributed by atoms with Crippen LogP contribution in [0.15, 0.2) is 24.3 Å². The number of rotatable bonds is 6. The van der Waals surface area contributed by atoms with Crippen molar-refractivity contribution >= 4 is 8.38 Å². The molecule has 0 radical (unpaired) electrons. The quantitative estimate of drug-likeness (QED) is 0.693. The van der Waals surface area contributed by atoms with Crippen molar-refractivity contribution in [3.63, 3.8) is 0 Å². The van der Waals surface area contributed by atoms with Gasteiger partial charge in [-0.1, -0.05) is 12.1 Å². The molecule has 0 heterocycles. The standard InChI is InChI=1S/C11H16FO2P/c1-3-13-15(14-4-2)9-10-5-7-11(12)8-6-10/h5-8H,3-4,9H2,1-2H3. The summed E-state index contributed by atoms with van der Waals surface area (Å²) in [7, 11) is -0.869. The zero-order valence-electron chi connectivity index (χ0n) is 9.07. The first-order valence-corrected chi connectivity index (χ1v) is 6.40. The van der Waals surface area contributed by atoms with Crippen molar-refractivity contribution in [1.82, 2.24) is 0 Å². The molecule has 1 rings (SSSR count). The highest BCUT2D eigenvalue weighted by Gasteiger charge is 2.09. The molecule has 1 aromatic rings. The van der Waals surface area contributed by atoms with Crippen LogP contribution >= 0.6 is 8.38 Å². The highest BCUT2D eigenvalue weighted by molar-refractivity contribution is 7.46. The SMILES string of the molecule is CCOP(Cc1ccc(F)cc1)OCC. The maximum atomic E-state index is 12.7. The first-order valence-electron chi connectivity index (χ1n) is 5.04. The highest BCUT2D eigenvalue weighted by Crippen LogP contribution is 2.41. The van der Waals surface area contributed by atoms with Crippen LogP contribution in [0.2, 0.25) is 0 Å². The molecule has 0 aliphatic carbocycles. The van der Waals surface area contributed by atoms with Gasteiger partial charge in [0, 0.05) is 6.16 Å². The summed E-state index contributed by atoms with van der Waals surface area (Å²) < 4.78 is 23.6. The van der Waals surface area contributed by atoms with Crippen molar-refractivity contribution in [1.29, 1.82) is 0 Å². The van der Waals surface area contributed by atoms with E-state index in [0.717, 1.165) is 11.7 Å². The average Bonchev–Trinajstić information content (AvgIpc) is 2.22. The Morgan fingerprint density at radius 1 is 1.07 bits per heavy atom. The largest absolute Gasteiger partial charge is 0.334 e. The lowest BCUT2D eigenvalue weighted by atomic mass is 10.2.